The van der Waals surface area contributed by atoms with Gasteiger partial charge in [-0.2, -0.15) is 0 Å². The number of pyridine rings is 2. The first-order valence-electron chi connectivity index (χ1n) is 8.28. The molecule has 5 heterocycles. The smallest absolute Gasteiger partial charge is 0.0776 e. The molecule has 0 saturated heterocycles. The maximum Gasteiger partial charge on any atom is 0.760 e. The number of rotatable bonds is 0. The Bertz CT molecular complexity index is 1020. The summed E-state index contributed by atoms with van der Waals surface area (Å²) >= 11 is 0. The highest BCUT2D eigenvalue weighted by atomic mass is 15.6. The van der Waals surface area contributed by atoms with E-state index >= 15 is 0 Å². The lowest BCUT2D eigenvalue weighted by atomic mass is 10.3. The topological polar surface area (TPSA) is 13.8 Å². The van der Waals surface area contributed by atoms with Crippen molar-refractivity contribution in [1.29, 1.82) is 0 Å². The first-order chi connectivity index (χ1) is 12.4. The molecular weight excluding hydrogens is 320 g/mol. The lowest BCUT2D eigenvalue weighted by molar-refractivity contribution is -1.23. The van der Waals surface area contributed by atoms with E-state index in [0.29, 0.717) is 13.1 Å². The summed E-state index contributed by atoms with van der Waals surface area (Å²) in [5.74, 6) is 12.1. The van der Waals surface area contributed by atoms with Gasteiger partial charge in [-0.05, 0) is 45.3 Å². The molecular formula is C22H20N4+4. The zero-order valence-electron chi connectivity index (χ0n) is 13.6. The number of aromatic nitrogens is 2. The highest BCUT2D eigenvalue weighted by Gasteiger charge is 2.79. The number of fused-ring (bicyclic) bond motifs is 2. The standard InChI is InChI=1S/C21H16N4.CH4/c1-2-4-8-14-23-18-20-12-6-10-16-25(20)21(23)22(13-7-3-1)17-19-11-5-9-15-24(19)21;/h1-2,5-6,9-12,15-18H,13-14H2;1H4/q+4;. The van der Waals surface area contributed by atoms with Crippen LogP contribution < -0.4 is 9.13 Å². The van der Waals surface area contributed by atoms with E-state index in [2.05, 4.69) is 103 Å². The third-order valence-corrected chi connectivity index (χ3v) is 4.73. The maximum absolute atomic E-state index is 3.25. The molecule has 1 spiro atoms. The highest BCUT2D eigenvalue weighted by molar-refractivity contribution is 5.73. The van der Waals surface area contributed by atoms with Crippen LogP contribution in [0.3, 0.4) is 0 Å². The summed E-state index contributed by atoms with van der Waals surface area (Å²) in [6.07, 6.45) is 12.2. The molecule has 3 aliphatic rings. The zero-order valence-corrected chi connectivity index (χ0v) is 13.6. The largest absolute Gasteiger partial charge is 0.760 e. The van der Waals surface area contributed by atoms with Crippen molar-refractivity contribution < 1.29 is 18.3 Å². The van der Waals surface area contributed by atoms with E-state index in [-0.39, 0.29) is 7.43 Å². The van der Waals surface area contributed by atoms with Crippen molar-refractivity contribution in [3.05, 3.63) is 72.3 Å². The molecule has 3 aliphatic heterocycles. The highest BCUT2D eigenvalue weighted by Crippen LogP contribution is 2.19. The second kappa shape index (κ2) is 6.10. The number of hydrogen-bond acceptors (Lipinski definition) is 0. The van der Waals surface area contributed by atoms with E-state index in [0.717, 1.165) is 11.4 Å². The molecule has 0 fully saturated rings. The van der Waals surface area contributed by atoms with Gasteiger partial charge < -0.3 is 0 Å². The van der Waals surface area contributed by atoms with Gasteiger partial charge in [-0.1, -0.05) is 19.3 Å². The average molecular weight is 340 g/mol. The van der Waals surface area contributed by atoms with Gasteiger partial charge in [0.05, 0.1) is 0 Å². The minimum Gasteiger partial charge on any atom is -0.0776 e. The molecule has 0 aliphatic carbocycles. The molecule has 0 N–H and O–H groups in total. The molecule has 0 saturated carbocycles. The van der Waals surface area contributed by atoms with Crippen LogP contribution >= 0.6 is 0 Å². The van der Waals surface area contributed by atoms with Crippen molar-refractivity contribution in [2.45, 2.75) is 13.3 Å². The van der Waals surface area contributed by atoms with Crippen LogP contribution in [0.5, 0.6) is 0 Å². The summed E-state index contributed by atoms with van der Waals surface area (Å²) < 4.78 is 9.13. The molecule has 0 amide bonds. The Morgan fingerprint density at radius 3 is 1.73 bits per heavy atom. The fourth-order valence-corrected chi connectivity index (χ4v) is 3.76. The summed E-state index contributed by atoms with van der Waals surface area (Å²) in [4.78, 5) is 0. The Labute approximate surface area is 153 Å². The molecule has 0 aromatic carbocycles. The first-order valence-corrected chi connectivity index (χ1v) is 8.28. The molecule has 4 nitrogen and oxygen atoms in total. The van der Waals surface area contributed by atoms with Gasteiger partial charge in [-0.3, -0.25) is 0 Å². The third-order valence-electron chi connectivity index (χ3n) is 4.73. The summed E-state index contributed by atoms with van der Waals surface area (Å²) in [5, 5.41) is 0. The van der Waals surface area contributed by atoms with Gasteiger partial charge in [-0.15, -0.1) is 0 Å². The van der Waals surface area contributed by atoms with Crippen LogP contribution in [-0.2, 0) is 5.91 Å². The predicted molar refractivity (Wildman–Crippen MR) is 98.7 cm³/mol. The van der Waals surface area contributed by atoms with Gasteiger partial charge in [0.25, 0.3) is 23.8 Å². The fourth-order valence-electron chi connectivity index (χ4n) is 3.76. The van der Waals surface area contributed by atoms with Crippen molar-refractivity contribution in [3.63, 3.8) is 0 Å². The van der Waals surface area contributed by atoms with E-state index in [1.54, 1.807) is 0 Å². The van der Waals surface area contributed by atoms with Crippen molar-refractivity contribution >= 4 is 12.4 Å². The number of nitrogens with zero attached hydrogens (tertiary/aromatic N) is 4. The number of allylic oxidation sites excluding steroid dienone is 2. The Morgan fingerprint density at radius 2 is 1.23 bits per heavy atom. The van der Waals surface area contributed by atoms with E-state index in [9.17, 15) is 0 Å². The summed E-state index contributed by atoms with van der Waals surface area (Å²) in [7, 11) is 0. The Hall–Kier alpha value is -3.50. The van der Waals surface area contributed by atoms with Crippen LogP contribution in [0, 0.1) is 23.7 Å². The zero-order chi connectivity index (χ0) is 16.7. The van der Waals surface area contributed by atoms with Gasteiger partial charge >= 0.3 is 5.91 Å². The second-order valence-corrected chi connectivity index (χ2v) is 6.08. The molecule has 26 heavy (non-hydrogen) atoms. The maximum atomic E-state index is 3.25. The van der Waals surface area contributed by atoms with Gasteiger partial charge in [0.1, 0.15) is 0 Å². The minimum atomic E-state index is -0.527. The van der Waals surface area contributed by atoms with Crippen molar-refractivity contribution in [2.24, 2.45) is 0 Å². The lowest BCUT2D eigenvalue weighted by Crippen LogP contribution is -2.80. The van der Waals surface area contributed by atoms with Crippen molar-refractivity contribution in [1.82, 2.24) is 0 Å². The van der Waals surface area contributed by atoms with Crippen molar-refractivity contribution in [3.8, 4) is 23.7 Å². The summed E-state index contributed by atoms with van der Waals surface area (Å²) in [6.45, 7) is 1.25. The van der Waals surface area contributed by atoms with E-state index in [1.165, 1.54) is 0 Å². The van der Waals surface area contributed by atoms with Gasteiger partial charge in [0.2, 0.25) is 13.1 Å². The SMILES string of the molecule is C.C1#CC[N+]2=Cc3cccc[n+]3C23[N+](=Cc2cccc[n+]23)CC#CC=C1. The molecule has 0 radical (unpaired) electrons. The van der Waals surface area contributed by atoms with E-state index in [1.807, 2.05) is 12.2 Å². The molecule has 0 unspecified atom stereocenters. The molecule has 0 atom stereocenters. The molecule has 2 aromatic rings. The van der Waals surface area contributed by atoms with Crippen LogP contribution in [0.1, 0.15) is 18.8 Å². The van der Waals surface area contributed by atoms with Crippen molar-refractivity contribution in [2.75, 3.05) is 13.1 Å². The van der Waals surface area contributed by atoms with Crippen LogP contribution in [0.4, 0.5) is 0 Å². The summed E-state index contributed by atoms with van der Waals surface area (Å²) in [5.41, 5.74) is 2.29. The van der Waals surface area contributed by atoms with Gasteiger partial charge in [0.15, 0.2) is 12.4 Å². The van der Waals surface area contributed by atoms with E-state index < -0.39 is 5.91 Å². The molecule has 5 rings (SSSR count). The minimum absolute atomic E-state index is 0. The molecule has 2 aromatic heterocycles. The van der Waals surface area contributed by atoms with Gasteiger partial charge in [0, 0.05) is 33.4 Å². The van der Waals surface area contributed by atoms with Crippen LogP contribution in [0.2, 0.25) is 0 Å². The quantitative estimate of drug-likeness (QED) is 0.489. The van der Waals surface area contributed by atoms with E-state index in [4.69, 9.17) is 0 Å². The second-order valence-electron chi connectivity index (χ2n) is 6.08. The average Bonchev–Trinajstić information content (AvgIpc) is 3.14. The lowest BCUT2D eigenvalue weighted by Gasteiger charge is -2.08. The first kappa shape index (κ1) is 16.0. The predicted octanol–water partition coefficient (Wildman–Crippen LogP) is 0.480. The normalized spacial score (nSPS) is 17.2. The van der Waals surface area contributed by atoms with Crippen LogP contribution in [-0.4, -0.2) is 34.7 Å². The Kier molecular flexibility index (Phi) is 3.75. The van der Waals surface area contributed by atoms with Crippen LogP contribution in [0.15, 0.2) is 60.9 Å². The Balaban J connectivity index is 0.00000168. The monoisotopic (exact) mass is 340 g/mol. The molecule has 124 valence electrons. The third kappa shape index (κ3) is 2.06. The fraction of sp³-hybridized carbons (Fsp3) is 0.182. The van der Waals surface area contributed by atoms with Crippen LogP contribution in [0.25, 0.3) is 0 Å². The van der Waals surface area contributed by atoms with Gasteiger partial charge in [-0.25, -0.2) is 0 Å². The molecule has 0 bridgehead atoms. The molecule has 4 heteroatoms. The Morgan fingerprint density at radius 1 is 0.731 bits per heavy atom. The summed E-state index contributed by atoms with van der Waals surface area (Å²) in [6, 6.07) is 12.5. The number of hydrogen-bond donors (Lipinski definition) is 0.